The van der Waals surface area contributed by atoms with Crippen LogP contribution >= 0.6 is 24.0 Å². The van der Waals surface area contributed by atoms with Crippen molar-refractivity contribution in [2.75, 3.05) is 12.3 Å². The highest BCUT2D eigenvalue weighted by molar-refractivity contribution is 8.26. The lowest BCUT2D eigenvalue weighted by molar-refractivity contribution is -0.122. The molecule has 2 heterocycles. The predicted molar refractivity (Wildman–Crippen MR) is 134 cm³/mol. The summed E-state index contributed by atoms with van der Waals surface area (Å²) in [5.74, 6) is -0.155. The lowest BCUT2D eigenvalue weighted by Gasteiger charge is -2.14. The Bertz CT molecular complexity index is 1290. The number of anilines is 1. The Labute approximate surface area is 200 Å². The minimum atomic E-state index is -0.967. The van der Waals surface area contributed by atoms with Crippen LogP contribution in [-0.4, -0.2) is 42.7 Å². The summed E-state index contributed by atoms with van der Waals surface area (Å²) in [6.07, 6.45) is 4.06. The first-order valence-electron chi connectivity index (χ1n) is 10.1. The van der Waals surface area contributed by atoms with Crippen molar-refractivity contribution in [2.24, 2.45) is 0 Å². The van der Waals surface area contributed by atoms with E-state index in [0.717, 1.165) is 22.3 Å². The van der Waals surface area contributed by atoms with Crippen LogP contribution in [0.15, 0.2) is 59.6 Å². The Morgan fingerprint density at radius 3 is 2.70 bits per heavy atom. The number of nitrogen functional groups attached to an aromatic ring is 1. The van der Waals surface area contributed by atoms with E-state index in [0.29, 0.717) is 33.8 Å². The molecule has 1 fully saturated rings. The second-order valence-corrected chi connectivity index (χ2v) is 9.15. The normalized spacial score (nSPS) is 14.8. The smallest absolute Gasteiger partial charge is 0.335 e. The van der Waals surface area contributed by atoms with E-state index in [9.17, 15) is 9.59 Å². The van der Waals surface area contributed by atoms with E-state index in [2.05, 4.69) is 9.97 Å². The van der Waals surface area contributed by atoms with Crippen LogP contribution in [0.3, 0.4) is 0 Å². The number of aryl methyl sites for hydroxylation is 1. The van der Waals surface area contributed by atoms with Crippen molar-refractivity contribution in [2.45, 2.75) is 13.3 Å². The fraction of sp³-hybridized carbons (Fsp3) is 0.125. The molecule has 1 aliphatic heterocycles. The molecule has 1 aliphatic rings. The molecule has 0 unspecified atom stereocenters. The van der Waals surface area contributed by atoms with Gasteiger partial charge in [-0.3, -0.25) is 9.69 Å². The van der Waals surface area contributed by atoms with E-state index in [4.69, 9.17) is 23.1 Å². The van der Waals surface area contributed by atoms with Gasteiger partial charge < -0.3 is 10.8 Å². The third kappa shape index (κ3) is 5.10. The van der Waals surface area contributed by atoms with Gasteiger partial charge in [0.05, 0.1) is 10.5 Å². The Kier molecular flexibility index (Phi) is 6.52. The standard InChI is InChI=1S/C24H20N4O3S2/c1-14-13-26-21(27-20(14)25)18-4-2-3-16(11-18)12-19-22(29)28(24(32)33-19)10-9-15-5-7-17(8-6-15)23(30)31/h2-8,11-13H,9-10H2,1H3,(H,30,31)(H2,25,26,27)/b19-12-. The van der Waals surface area contributed by atoms with Crippen LogP contribution < -0.4 is 5.73 Å². The molecule has 166 valence electrons. The van der Waals surface area contributed by atoms with Crippen LogP contribution in [0, 0.1) is 6.92 Å². The van der Waals surface area contributed by atoms with Crippen molar-refractivity contribution in [3.05, 3.63) is 81.9 Å². The molecular formula is C24H20N4O3S2. The number of hydrogen-bond donors (Lipinski definition) is 2. The topological polar surface area (TPSA) is 109 Å². The van der Waals surface area contributed by atoms with Gasteiger partial charge in [-0.15, -0.1) is 0 Å². The molecule has 0 saturated carbocycles. The molecule has 7 nitrogen and oxygen atoms in total. The maximum atomic E-state index is 13.0. The van der Waals surface area contributed by atoms with Crippen molar-refractivity contribution in [1.82, 2.24) is 14.9 Å². The van der Waals surface area contributed by atoms with Crippen LogP contribution in [0.2, 0.25) is 0 Å². The van der Waals surface area contributed by atoms with Crippen LogP contribution in [0.5, 0.6) is 0 Å². The number of rotatable bonds is 6. The number of thioether (sulfide) groups is 1. The van der Waals surface area contributed by atoms with Gasteiger partial charge in [0, 0.05) is 23.9 Å². The Balaban J connectivity index is 1.48. The molecule has 1 aromatic heterocycles. The maximum Gasteiger partial charge on any atom is 0.335 e. The Morgan fingerprint density at radius 1 is 1.24 bits per heavy atom. The Hall–Kier alpha value is -3.56. The molecule has 0 atom stereocenters. The van der Waals surface area contributed by atoms with Gasteiger partial charge in [-0.25, -0.2) is 14.8 Å². The van der Waals surface area contributed by atoms with Gasteiger partial charge in [0.15, 0.2) is 5.82 Å². The van der Waals surface area contributed by atoms with E-state index >= 15 is 0 Å². The zero-order valence-corrected chi connectivity index (χ0v) is 19.3. The maximum absolute atomic E-state index is 13.0. The molecule has 4 rings (SSSR count). The van der Waals surface area contributed by atoms with Gasteiger partial charge in [-0.2, -0.15) is 0 Å². The second kappa shape index (κ2) is 9.51. The summed E-state index contributed by atoms with van der Waals surface area (Å²) < 4.78 is 0.499. The van der Waals surface area contributed by atoms with Crippen LogP contribution in [-0.2, 0) is 11.2 Å². The first-order chi connectivity index (χ1) is 15.8. The average molecular weight is 477 g/mol. The number of aromatic carboxylic acids is 1. The van der Waals surface area contributed by atoms with Gasteiger partial charge in [0.1, 0.15) is 10.1 Å². The quantitative estimate of drug-likeness (QED) is 0.403. The SMILES string of the molecule is Cc1cnc(-c2cccc(/C=C3\SC(=S)N(CCc4ccc(C(=O)O)cc4)C3=O)c2)nc1N. The largest absolute Gasteiger partial charge is 0.478 e. The molecule has 2 aromatic carbocycles. The summed E-state index contributed by atoms with van der Waals surface area (Å²) in [7, 11) is 0. The Morgan fingerprint density at radius 2 is 2.00 bits per heavy atom. The highest BCUT2D eigenvalue weighted by Gasteiger charge is 2.31. The molecule has 0 radical (unpaired) electrons. The summed E-state index contributed by atoms with van der Waals surface area (Å²) >= 11 is 6.69. The third-order valence-electron chi connectivity index (χ3n) is 5.15. The number of carboxylic acid groups (broad SMARTS) is 1. The molecule has 1 amide bonds. The molecule has 9 heteroatoms. The molecule has 1 saturated heterocycles. The van der Waals surface area contributed by atoms with E-state index in [1.807, 2.05) is 37.3 Å². The zero-order chi connectivity index (χ0) is 23.5. The number of aromatic nitrogens is 2. The highest BCUT2D eigenvalue weighted by Crippen LogP contribution is 2.33. The van der Waals surface area contributed by atoms with Gasteiger partial charge in [0.2, 0.25) is 0 Å². The first kappa shape index (κ1) is 22.6. The van der Waals surface area contributed by atoms with Crippen LogP contribution in [0.1, 0.15) is 27.0 Å². The minimum Gasteiger partial charge on any atom is -0.478 e. The van der Waals surface area contributed by atoms with Gasteiger partial charge in [0.25, 0.3) is 5.91 Å². The van der Waals surface area contributed by atoms with Crippen molar-refractivity contribution in [1.29, 1.82) is 0 Å². The second-order valence-electron chi connectivity index (χ2n) is 7.47. The molecular weight excluding hydrogens is 456 g/mol. The monoisotopic (exact) mass is 476 g/mol. The molecule has 0 spiro atoms. The lowest BCUT2D eigenvalue weighted by Crippen LogP contribution is -2.30. The molecule has 0 aliphatic carbocycles. The molecule has 0 bridgehead atoms. The first-order valence-corrected chi connectivity index (χ1v) is 11.3. The van der Waals surface area contributed by atoms with E-state index in [-0.39, 0.29) is 11.5 Å². The van der Waals surface area contributed by atoms with Gasteiger partial charge in [-0.1, -0.05) is 54.3 Å². The summed E-state index contributed by atoms with van der Waals surface area (Å²) in [5, 5.41) is 9.01. The predicted octanol–water partition coefficient (Wildman–Crippen LogP) is 4.18. The van der Waals surface area contributed by atoms with Crippen molar-refractivity contribution >= 4 is 52.1 Å². The summed E-state index contributed by atoms with van der Waals surface area (Å²) in [5.41, 5.74) is 9.53. The van der Waals surface area contributed by atoms with Crippen LogP contribution in [0.25, 0.3) is 17.5 Å². The van der Waals surface area contributed by atoms with Crippen molar-refractivity contribution in [3.8, 4) is 11.4 Å². The van der Waals surface area contributed by atoms with Gasteiger partial charge in [-0.05, 0) is 48.7 Å². The fourth-order valence-corrected chi connectivity index (χ4v) is 4.57. The number of hydrogen-bond acceptors (Lipinski definition) is 7. The summed E-state index contributed by atoms with van der Waals surface area (Å²) in [6.45, 7) is 2.27. The van der Waals surface area contributed by atoms with Crippen LogP contribution in [0.4, 0.5) is 5.82 Å². The van der Waals surface area contributed by atoms with Gasteiger partial charge >= 0.3 is 5.97 Å². The van der Waals surface area contributed by atoms with Crippen molar-refractivity contribution in [3.63, 3.8) is 0 Å². The molecule has 3 aromatic rings. The van der Waals surface area contributed by atoms with E-state index in [1.54, 1.807) is 35.4 Å². The number of carbonyl (C=O) groups excluding carboxylic acids is 1. The third-order valence-corrected chi connectivity index (χ3v) is 6.53. The minimum absolute atomic E-state index is 0.145. The average Bonchev–Trinajstić information content (AvgIpc) is 3.06. The zero-order valence-electron chi connectivity index (χ0n) is 17.7. The summed E-state index contributed by atoms with van der Waals surface area (Å²) in [4.78, 5) is 34.7. The molecule has 33 heavy (non-hydrogen) atoms. The molecule has 3 N–H and O–H groups in total. The number of thiocarbonyl (C=S) groups is 1. The number of amides is 1. The number of carboxylic acids is 1. The number of carbonyl (C=O) groups is 2. The fourth-order valence-electron chi connectivity index (χ4n) is 3.26. The number of nitrogens with zero attached hydrogens (tertiary/aromatic N) is 3. The van der Waals surface area contributed by atoms with E-state index < -0.39 is 5.97 Å². The highest BCUT2D eigenvalue weighted by atomic mass is 32.2. The lowest BCUT2D eigenvalue weighted by atomic mass is 10.1. The summed E-state index contributed by atoms with van der Waals surface area (Å²) in [6, 6.07) is 14.2. The van der Waals surface area contributed by atoms with Crippen molar-refractivity contribution < 1.29 is 14.7 Å². The number of nitrogens with two attached hydrogens (primary N) is 1. The number of benzene rings is 2. The van der Waals surface area contributed by atoms with E-state index in [1.165, 1.54) is 11.8 Å².